The maximum atomic E-state index is 12.4. The Balaban J connectivity index is 1.75. The van der Waals surface area contributed by atoms with Crippen LogP contribution in [0.25, 0.3) is 0 Å². The van der Waals surface area contributed by atoms with Crippen molar-refractivity contribution in [1.82, 2.24) is 20.3 Å². The van der Waals surface area contributed by atoms with Gasteiger partial charge in [-0.05, 0) is 36.1 Å². The van der Waals surface area contributed by atoms with Crippen LogP contribution in [0.1, 0.15) is 47.1 Å². The number of hydrogen-bond donors (Lipinski definition) is 2. The van der Waals surface area contributed by atoms with Gasteiger partial charge >= 0.3 is 0 Å². The number of nitrogens with one attached hydrogen (secondary N) is 2. The zero-order valence-electron chi connectivity index (χ0n) is 15.7. The van der Waals surface area contributed by atoms with Gasteiger partial charge in [-0.25, -0.2) is 9.97 Å². The highest BCUT2D eigenvalue weighted by molar-refractivity contribution is 5.93. The van der Waals surface area contributed by atoms with E-state index < -0.39 is 0 Å². The SMILES string of the molecule is Cc1cccc(C(C)C)c1Nc1cc(C(=O)NCc2ccccn2)ncn1. The summed E-state index contributed by atoms with van der Waals surface area (Å²) in [4.78, 5) is 25.0. The van der Waals surface area contributed by atoms with Crippen molar-refractivity contribution in [3.63, 3.8) is 0 Å². The van der Waals surface area contributed by atoms with Crippen molar-refractivity contribution in [1.29, 1.82) is 0 Å². The van der Waals surface area contributed by atoms with E-state index in [0.717, 1.165) is 16.9 Å². The van der Waals surface area contributed by atoms with Gasteiger partial charge in [0.2, 0.25) is 0 Å². The van der Waals surface area contributed by atoms with Crippen molar-refractivity contribution in [2.45, 2.75) is 33.2 Å². The van der Waals surface area contributed by atoms with Gasteiger partial charge in [0.1, 0.15) is 17.8 Å². The number of benzene rings is 1. The molecule has 0 radical (unpaired) electrons. The molecule has 0 saturated heterocycles. The van der Waals surface area contributed by atoms with Crippen molar-refractivity contribution >= 4 is 17.4 Å². The second-order valence-electron chi connectivity index (χ2n) is 6.61. The van der Waals surface area contributed by atoms with Crippen LogP contribution in [0.2, 0.25) is 0 Å². The average Bonchev–Trinajstić information content (AvgIpc) is 2.68. The molecule has 0 aliphatic rings. The lowest BCUT2D eigenvalue weighted by molar-refractivity contribution is 0.0945. The van der Waals surface area contributed by atoms with E-state index in [-0.39, 0.29) is 5.91 Å². The standard InChI is InChI=1S/C21H23N5O/c1-14(2)17-9-6-7-15(3)20(17)26-19-11-18(24-13-25-19)21(27)23-12-16-8-4-5-10-22-16/h4-11,13-14H,12H2,1-3H3,(H,23,27)(H,24,25,26). The summed E-state index contributed by atoms with van der Waals surface area (Å²) in [7, 11) is 0. The van der Waals surface area contributed by atoms with E-state index in [0.29, 0.717) is 24.0 Å². The summed E-state index contributed by atoms with van der Waals surface area (Å²) >= 11 is 0. The molecule has 2 N–H and O–H groups in total. The topological polar surface area (TPSA) is 79.8 Å². The zero-order chi connectivity index (χ0) is 19.2. The Labute approximate surface area is 159 Å². The molecule has 1 amide bonds. The third kappa shape index (κ3) is 4.67. The van der Waals surface area contributed by atoms with E-state index in [4.69, 9.17) is 0 Å². The van der Waals surface area contributed by atoms with Crippen LogP contribution >= 0.6 is 0 Å². The maximum Gasteiger partial charge on any atom is 0.270 e. The van der Waals surface area contributed by atoms with Gasteiger partial charge in [-0.2, -0.15) is 0 Å². The summed E-state index contributed by atoms with van der Waals surface area (Å²) < 4.78 is 0. The van der Waals surface area contributed by atoms with Crippen molar-refractivity contribution < 1.29 is 4.79 Å². The average molecular weight is 361 g/mol. The highest BCUT2D eigenvalue weighted by atomic mass is 16.1. The van der Waals surface area contributed by atoms with Gasteiger partial charge < -0.3 is 10.6 Å². The largest absolute Gasteiger partial charge is 0.345 e. The summed E-state index contributed by atoms with van der Waals surface area (Å²) in [6, 6.07) is 13.4. The first-order chi connectivity index (χ1) is 13.0. The number of aromatic nitrogens is 3. The number of para-hydroxylation sites is 1. The van der Waals surface area contributed by atoms with Crippen LogP contribution in [-0.2, 0) is 6.54 Å². The summed E-state index contributed by atoms with van der Waals surface area (Å²) in [6.07, 6.45) is 3.09. The first kappa shape index (κ1) is 18.5. The smallest absolute Gasteiger partial charge is 0.270 e. The Bertz CT molecular complexity index is 925. The molecule has 3 aromatic rings. The molecule has 0 aliphatic heterocycles. The number of hydrogen-bond acceptors (Lipinski definition) is 5. The molecule has 0 unspecified atom stereocenters. The van der Waals surface area contributed by atoms with Crippen molar-refractivity contribution in [3.05, 3.63) is 77.5 Å². The molecule has 0 aliphatic carbocycles. The fourth-order valence-corrected chi connectivity index (χ4v) is 2.78. The number of nitrogens with zero attached hydrogens (tertiary/aromatic N) is 3. The number of amides is 1. The monoisotopic (exact) mass is 361 g/mol. The van der Waals surface area contributed by atoms with Gasteiger partial charge in [-0.3, -0.25) is 9.78 Å². The predicted molar refractivity (Wildman–Crippen MR) is 106 cm³/mol. The Morgan fingerprint density at radius 2 is 1.93 bits per heavy atom. The van der Waals surface area contributed by atoms with E-state index in [9.17, 15) is 4.79 Å². The maximum absolute atomic E-state index is 12.4. The van der Waals surface area contributed by atoms with E-state index >= 15 is 0 Å². The lowest BCUT2D eigenvalue weighted by atomic mass is 9.98. The van der Waals surface area contributed by atoms with E-state index in [1.807, 2.05) is 24.3 Å². The second-order valence-corrected chi connectivity index (χ2v) is 6.61. The van der Waals surface area contributed by atoms with Gasteiger partial charge in [-0.1, -0.05) is 38.1 Å². The van der Waals surface area contributed by atoms with Crippen molar-refractivity contribution in [2.24, 2.45) is 0 Å². The predicted octanol–water partition coefficient (Wildman–Crippen LogP) is 3.98. The number of carbonyl (C=O) groups excluding carboxylic acids is 1. The molecule has 0 spiro atoms. The minimum absolute atomic E-state index is 0.264. The molecule has 0 fully saturated rings. The molecule has 2 heterocycles. The molecule has 6 heteroatoms. The lowest BCUT2D eigenvalue weighted by Crippen LogP contribution is -2.24. The molecule has 138 valence electrons. The van der Waals surface area contributed by atoms with Crippen LogP contribution in [-0.4, -0.2) is 20.9 Å². The normalized spacial score (nSPS) is 10.7. The molecule has 2 aromatic heterocycles. The van der Waals surface area contributed by atoms with Crippen LogP contribution in [0.5, 0.6) is 0 Å². The Morgan fingerprint density at radius 1 is 1.07 bits per heavy atom. The van der Waals surface area contributed by atoms with Crippen LogP contribution in [0.3, 0.4) is 0 Å². The highest BCUT2D eigenvalue weighted by Crippen LogP contribution is 2.29. The van der Waals surface area contributed by atoms with Gasteiger partial charge in [-0.15, -0.1) is 0 Å². The third-order valence-electron chi connectivity index (χ3n) is 4.24. The molecule has 0 bridgehead atoms. The summed E-state index contributed by atoms with van der Waals surface area (Å²) in [5, 5.41) is 6.18. The van der Waals surface area contributed by atoms with Gasteiger partial charge in [0, 0.05) is 18.0 Å². The van der Waals surface area contributed by atoms with Gasteiger partial charge in [0.05, 0.1) is 12.2 Å². The van der Waals surface area contributed by atoms with Gasteiger partial charge in [0.25, 0.3) is 5.91 Å². The van der Waals surface area contributed by atoms with Crippen LogP contribution in [0, 0.1) is 6.92 Å². The Hall–Kier alpha value is -3.28. The molecule has 27 heavy (non-hydrogen) atoms. The highest BCUT2D eigenvalue weighted by Gasteiger charge is 2.12. The zero-order valence-corrected chi connectivity index (χ0v) is 15.7. The minimum atomic E-state index is -0.264. The van der Waals surface area contributed by atoms with E-state index in [2.05, 4.69) is 58.5 Å². The van der Waals surface area contributed by atoms with Crippen molar-refractivity contribution in [3.8, 4) is 0 Å². The molecule has 0 saturated carbocycles. The van der Waals surface area contributed by atoms with E-state index in [1.54, 1.807) is 12.3 Å². The molecule has 3 rings (SSSR count). The van der Waals surface area contributed by atoms with Crippen molar-refractivity contribution in [2.75, 3.05) is 5.32 Å². The second kappa shape index (κ2) is 8.40. The quantitative estimate of drug-likeness (QED) is 0.694. The molecule has 6 nitrogen and oxygen atoms in total. The minimum Gasteiger partial charge on any atom is -0.345 e. The molecular weight excluding hydrogens is 338 g/mol. The molecule has 0 atom stereocenters. The fraction of sp³-hybridized carbons (Fsp3) is 0.238. The van der Waals surface area contributed by atoms with Crippen LogP contribution in [0.4, 0.5) is 11.5 Å². The Kier molecular flexibility index (Phi) is 5.76. The summed E-state index contributed by atoms with van der Waals surface area (Å²) in [6.45, 7) is 6.70. The number of pyridine rings is 1. The number of carbonyl (C=O) groups is 1. The van der Waals surface area contributed by atoms with Gasteiger partial charge in [0.15, 0.2) is 0 Å². The number of rotatable bonds is 6. The first-order valence-electron chi connectivity index (χ1n) is 8.91. The lowest BCUT2D eigenvalue weighted by Gasteiger charge is -2.17. The number of aryl methyl sites for hydroxylation is 1. The summed E-state index contributed by atoms with van der Waals surface area (Å²) in [5.41, 5.74) is 4.45. The van der Waals surface area contributed by atoms with Crippen LogP contribution < -0.4 is 10.6 Å². The first-order valence-corrected chi connectivity index (χ1v) is 8.91. The van der Waals surface area contributed by atoms with Crippen LogP contribution in [0.15, 0.2) is 55.0 Å². The van der Waals surface area contributed by atoms with E-state index in [1.165, 1.54) is 11.9 Å². The Morgan fingerprint density at radius 3 is 2.67 bits per heavy atom. The molecule has 1 aromatic carbocycles. The fourth-order valence-electron chi connectivity index (χ4n) is 2.78. The third-order valence-corrected chi connectivity index (χ3v) is 4.24. The molecular formula is C21H23N5O. The summed E-state index contributed by atoms with van der Waals surface area (Å²) in [5.74, 6) is 0.694. The number of anilines is 2.